The van der Waals surface area contributed by atoms with Crippen LogP contribution in [0.1, 0.15) is 49.5 Å². The summed E-state index contributed by atoms with van der Waals surface area (Å²) in [6.07, 6.45) is -2.74. The largest absolute Gasteiger partial charge is 0.417 e. The molecule has 0 aliphatic heterocycles. The maximum Gasteiger partial charge on any atom is 0.417 e. The van der Waals surface area contributed by atoms with E-state index in [-0.39, 0.29) is 16.1 Å². The first-order valence-corrected chi connectivity index (χ1v) is 7.58. The summed E-state index contributed by atoms with van der Waals surface area (Å²) in [5.41, 5.74) is -0.827. The summed E-state index contributed by atoms with van der Waals surface area (Å²) < 4.78 is 38.3. The molecule has 118 valence electrons. The molecule has 0 bridgehead atoms. The maximum absolute atomic E-state index is 12.8. The lowest BCUT2D eigenvalue weighted by molar-refractivity contribution is -0.138. The van der Waals surface area contributed by atoms with Gasteiger partial charge in [0.25, 0.3) is 5.91 Å². The van der Waals surface area contributed by atoms with Gasteiger partial charge in [-0.1, -0.05) is 29.8 Å². The Morgan fingerprint density at radius 2 is 1.86 bits per heavy atom. The lowest BCUT2D eigenvalue weighted by Crippen LogP contribution is -2.32. The number of alkyl halides is 3. The van der Waals surface area contributed by atoms with Crippen molar-refractivity contribution >= 4 is 21.8 Å². The van der Waals surface area contributed by atoms with Gasteiger partial charge in [-0.25, -0.2) is 0 Å². The van der Waals surface area contributed by atoms with Crippen LogP contribution in [0.4, 0.5) is 13.2 Å². The van der Waals surface area contributed by atoms with Crippen LogP contribution >= 0.6 is 15.9 Å². The summed E-state index contributed by atoms with van der Waals surface area (Å²) in [6.45, 7) is 6.02. The summed E-state index contributed by atoms with van der Waals surface area (Å²) in [5, 5.41) is 2.73. The number of carbonyl (C=O) groups is 1. The Morgan fingerprint density at radius 1 is 1.24 bits per heavy atom. The molecule has 21 heavy (non-hydrogen) atoms. The minimum atomic E-state index is -4.49. The lowest BCUT2D eigenvalue weighted by atomic mass is 10.0. The topological polar surface area (TPSA) is 29.1 Å². The van der Waals surface area contributed by atoms with E-state index in [2.05, 4.69) is 35.1 Å². The van der Waals surface area contributed by atoms with E-state index in [4.69, 9.17) is 0 Å². The summed E-state index contributed by atoms with van der Waals surface area (Å²) >= 11 is 2.86. The van der Waals surface area contributed by atoms with Gasteiger partial charge in [0.1, 0.15) is 0 Å². The first-order valence-electron chi connectivity index (χ1n) is 6.79. The predicted molar refractivity (Wildman–Crippen MR) is 80.1 cm³/mol. The molecule has 0 radical (unpaired) electrons. The number of nitrogens with one attached hydrogen (secondary N) is 1. The van der Waals surface area contributed by atoms with E-state index in [0.717, 1.165) is 18.9 Å². The number of hydrogen-bond donors (Lipinski definition) is 1. The van der Waals surface area contributed by atoms with Gasteiger partial charge in [-0.3, -0.25) is 4.79 Å². The number of hydrogen-bond acceptors (Lipinski definition) is 1. The Labute approximate surface area is 131 Å². The average molecular weight is 366 g/mol. The molecular formula is C15H19BrF3NO. The number of amides is 1. The van der Waals surface area contributed by atoms with Crippen molar-refractivity contribution in [2.24, 2.45) is 5.92 Å². The van der Waals surface area contributed by atoms with Crippen LogP contribution in [0.5, 0.6) is 0 Å². The van der Waals surface area contributed by atoms with E-state index in [0.29, 0.717) is 5.92 Å². The Morgan fingerprint density at radius 3 is 2.38 bits per heavy atom. The lowest BCUT2D eigenvalue weighted by Gasteiger charge is -2.16. The Kier molecular flexibility index (Phi) is 6.25. The molecule has 1 rings (SSSR count). The van der Waals surface area contributed by atoms with E-state index in [1.807, 2.05) is 6.92 Å². The van der Waals surface area contributed by atoms with Crippen LogP contribution in [-0.2, 0) is 6.18 Å². The summed E-state index contributed by atoms with van der Waals surface area (Å²) in [7, 11) is 0. The zero-order valence-corrected chi connectivity index (χ0v) is 13.8. The molecule has 0 heterocycles. The normalized spacial score (nSPS) is 13.3. The van der Waals surface area contributed by atoms with Crippen molar-refractivity contribution in [2.75, 3.05) is 0 Å². The van der Waals surface area contributed by atoms with E-state index in [1.54, 1.807) is 0 Å². The summed E-state index contributed by atoms with van der Waals surface area (Å²) in [5.74, 6) is 0.0399. The van der Waals surface area contributed by atoms with E-state index in [1.165, 1.54) is 12.1 Å². The van der Waals surface area contributed by atoms with E-state index in [9.17, 15) is 18.0 Å². The molecule has 0 aromatic heterocycles. The highest BCUT2D eigenvalue weighted by atomic mass is 79.9. The number of benzene rings is 1. The van der Waals surface area contributed by atoms with Crippen molar-refractivity contribution in [1.82, 2.24) is 5.32 Å². The molecule has 6 heteroatoms. The average Bonchev–Trinajstić information content (AvgIpc) is 2.35. The monoisotopic (exact) mass is 365 g/mol. The van der Waals surface area contributed by atoms with Crippen LogP contribution < -0.4 is 5.32 Å². The third kappa shape index (κ3) is 5.69. The smallest absolute Gasteiger partial charge is 0.350 e. The Hall–Kier alpha value is -1.04. The van der Waals surface area contributed by atoms with Gasteiger partial charge < -0.3 is 5.32 Å². The van der Waals surface area contributed by atoms with E-state index < -0.39 is 17.6 Å². The minimum Gasteiger partial charge on any atom is -0.350 e. The molecule has 0 spiro atoms. The molecule has 0 saturated heterocycles. The second-order valence-electron chi connectivity index (χ2n) is 5.54. The first kappa shape index (κ1) is 18.0. The van der Waals surface area contributed by atoms with Gasteiger partial charge in [0.05, 0.1) is 5.56 Å². The van der Waals surface area contributed by atoms with Gasteiger partial charge in [-0.15, -0.1) is 0 Å². The molecule has 1 atom stereocenters. The highest BCUT2D eigenvalue weighted by Crippen LogP contribution is 2.35. The van der Waals surface area contributed by atoms with Gasteiger partial charge in [0.15, 0.2) is 0 Å². The summed E-state index contributed by atoms with van der Waals surface area (Å²) in [4.78, 5) is 12.0. The highest BCUT2D eigenvalue weighted by molar-refractivity contribution is 9.10. The zero-order valence-electron chi connectivity index (χ0n) is 12.2. The van der Waals surface area contributed by atoms with Crippen LogP contribution in [0.25, 0.3) is 0 Å². The number of halogens is 4. The molecule has 0 aliphatic carbocycles. The fourth-order valence-electron chi connectivity index (χ4n) is 1.85. The number of rotatable bonds is 5. The van der Waals surface area contributed by atoms with Gasteiger partial charge in [0.2, 0.25) is 0 Å². The predicted octanol–water partition coefficient (Wildman–Crippen LogP) is 5.02. The summed E-state index contributed by atoms with van der Waals surface area (Å²) in [6, 6.07) is 3.42. The van der Waals surface area contributed by atoms with Crippen LogP contribution in [0.3, 0.4) is 0 Å². The molecule has 1 aromatic carbocycles. The molecule has 1 amide bonds. The molecule has 1 unspecified atom stereocenters. The van der Waals surface area contributed by atoms with Crippen LogP contribution in [-0.4, -0.2) is 11.9 Å². The molecular weight excluding hydrogens is 347 g/mol. The van der Waals surface area contributed by atoms with Gasteiger partial charge in [-0.2, -0.15) is 13.2 Å². The molecule has 0 saturated carbocycles. The van der Waals surface area contributed by atoms with Crippen molar-refractivity contribution in [3.05, 3.63) is 33.8 Å². The van der Waals surface area contributed by atoms with Crippen molar-refractivity contribution in [2.45, 2.75) is 45.8 Å². The van der Waals surface area contributed by atoms with Crippen molar-refractivity contribution < 1.29 is 18.0 Å². The molecule has 1 aromatic rings. The van der Waals surface area contributed by atoms with Crippen LogP contribution in [0.2, 0.25) is 0 Å². The molecule has 0 fully saturated rings. The molecule has 0 aliphatic rings. The first-order chi connectivity index (χ1) is 9.61. The highest BCUT2D eigenvalue weighted by Gasteiger charge is 2.33. The fourth-order valence-corrected chi connectivity index (χ4v) is 2.32. The second-order valence-corrected chi connectivity index (χ2v) is 6.39. The standard InChI is InChI=1S/C15H19BrF3NO/c1-9(2)4-5-10(3)20-14(21)11-6-7-13(16)12(8-11)15(17,18)19/h6-10H,4-5H2,1-3H3,(H,20,21). The van der Waals surface area contributed by atoms with Gasteiger partial charge >= 0.3 is 6.18 Å². The molecule has 2 nitrogen and oxygen atoms in total. The fraction of sp³-hybridized carbons (Fsp3) is 0.533. The number of carbonyl (C=O) groups excluding carboxylic acids is 1. The third-order valence-electron chi connectivity index (χ3n) is 3.09. The van der Waals surface area contributed by atoms with Crippen molar-refractivity contribution in [1.29, 1.82) is 0 Å². The maximum atomic E-state index is 12.8. The SMILES string of the molecule is CC(C)CCC(C)NC(=O)c1ccc(Br)c(C(F)(F)F)c1. The van der Waals surface area contributed by atoms with E-state index >= 15 is 0 Å². The quantitative estimate of drug-likeness (QED) is 0.779. The molecule has 1 N–H and O–H groups in total. The third-order valence-corrected chi connectivity index (χ3v) is 3.78. The minimum absolute atomic E-state index is 0.0157. The van der Waals surface area contributed by atoms with Crippen molar-refractivity contribution in [3.8, 4) is 0 Å². The Bertz CT molecular complexity index is 500. The van der Waals surface area contributed by atoms with Gasteiger partial charge in [0, 0.05) is 16.1 Å². The van der Waals surface area contributed by atoms with Crippen LogP contribution in [0, 0.1) is 5.92 Å². The Balaban J connectivity index is 2.79. The zero-order chi connectivity index (χ0) is 16.2. The van der Waals surface area contributed by atoms with Crippen molar-refractivity contribution in [3.63, 3.8) is 0 Å². The van der Waals surface area contributed by atoms with Crippen LogP contribution in [0.15, 0.2) is 22.7 Å². The van der Waals surface area contributed by atoms with Gasteiger partial charge in [-0.05, 0) is 43.9 Å². The second kappa shape index (κ2) is 7.29.